The van der Waals surface area contributed by atoms with Gasteiger partial charge in [0.05, 0.1) is 58.7 Å². The Morgan fingerprint density at radius 1 is 0.933 bits per heavy atom. The summed E-state index contributed by atoms with van der Waals surface area (Å²) in [5.74, 6) is 0. The maximum Gasteiger partial charge on any atom is 0.116 e. The fourth-order valence-electron chi connectivity index (χ4n) is 3.72. The van der Waals surface area contributed by atoms with Crippen molar-refractivity contribution >= 4 is 21.8 Å². The zero-order valence-electron chi connectivity index (χ0n) is 16.0. The van der Waals surface area contributed by atoms with Gasteiger partial charge in [0.25, 0.3) is 0 Å². The van der Waals surface area contributed by atoms with Gasteiger partial charge in [-0.15, -0.1) is 0 Å². The normalized spacial score (nSPS) is 11.5. The molecule has 0 spiro atoms. The second-order valence-electron chi connectivity index (χ2n) is 7.15. The highest BCUT2D eigenvalue weighted by Crippen LogP contribution is 2.32. The zero-order valence-corrected chi connectivity index (χ0v) is 16.0. The molecule has 0 aliphatic heterocycles. The Morgan fingerprint density at radius 3 is 2.73 bits per heavy atom. The minimum Gasteiger partial charge on any atom is -0.352 e. The lowest BCUT2D eigenvalue weighted by Crippen LogP contribution is -1.91. The van der Waals surface area contributed by atoms with Gasteiger partial charge in [0, 0.05) is 34.9 Å². The molecule has 0 aliphatic rings. The third kappa shape index (κ3) is 2.58. The molecule has 0 saturated heterocycles. The van der Waals surface area contributed by atoms with Gasteiger partial charge in [-0.1, -0.05) is 0 Å². The molecule has 0 radical (unpaired) electrons. The number of aromatic nitrogens is 8. The largest absolute Gasteiger partial charge is 0.352 e. The van der Waals surface area contributed by atoms with E-state index in [4.69, 9.17) is 0 Å². The highest BCUT2D eigenvalue weighted by molar-refractivity contribution is 5.98. The van der Waals surface area contributed by atoms with E-state index in [0.717, 1.165) is 55.8 Å². The van der Waals surface area contributed by atoms with Crippen LogP contribution < -0.4 is 0 Å². The minimum absolute atomic E-state index is 0.835. The SMILES string of the molecule is Cc1cn(-c2cncc3[nH]c(-c4n[nH]c5cnc(-c6cccnc6)cc45)cc23)cn1. The molecule has 0 aromatic carbocycles. The first-order valence-electron chi connectivity index (χ1n) is 9.49. The van der Waals surface area contributed by atoms with E-state index in [0.29, 0.717) is 0 Å². The number of imidazole rings is 1. The van der Waals surface area contributed by atoms with Crippen molar-refractivity contribution in [2.24, 2.45) is 0 Å². The van der Waals surface area contributed by atoms with Crippen LogP contribution in [0.2, 0.25) is 0 Å². The van der Waals surface area contributed by atoms with Gasteiger partial charge in [0.2, 0.25) is 0 Å². The van der Waals surface area contributed by atoms with Crippen LogP contribution in [0, 0.1) is 6.92 Å². The number of pyridine rings is 3. The predicted molar refractivity (Wildman–Crippen MR) is 114 cm³/mol. The Labute approximate surface area is 170 Å². The van der Waals surface area contributed by atoms with Crippen LogP contribution in [-0.4, -0.2) is 39.7 Å². The molecule has 6 heterocycles. The van der Waals surface area contributed by atoms with E-state index in [1.165, 1.54) is 0 Å². The Hall–Kier alpha value is -4.33. The molecule has 30 heavy (non-hydrogen) atoms. The maximum atomic E-state index is 4.55. The number of hydrogen-bond donors (Lipinski definition) is 2. The molecule has 6 aromatic heterocycles. The van der Waals surface area contributed by atoms with Crippen LogP contribution in [0.3, 0.4) is 0 Å². The molecule has 0 bridgehead atoms. The number of nitrogens with one attached hydrogen (secondary N) is 2. The lowest BCUT2D eigenvalue weighted by molar-refractivity contribution is 1.05. The monoisotopic (exact) mass is 392 g/mol. The summed E-state index contributed by atoms with van der Waals surface area (Å²) in [6, 6.07) is 8.03. The van der Waals surface area contributed by atoms with Crippen LogP contribution in [0.25, 0.3) is 50.1 Å². The summed E-state index contributed by atoms with van der Waals surface area (Å²) in [6.07, 6.45) is 12.8. The number of rotatable bonds is 3. The summed E-state index contributed by atoms with van der Waals surface area (Å²) in [7, 11) is 0. The van der Waals surface area contributed by atoms with Crippen molar-refractivity contribution in [1.29, 1.82) is 0 Å². The quantitative estimate of drug-likeness (QED) is 0.473. The van der Waals surface area contributed by atoms with E-state index in [-0.39, 0.29) is 0 Å². The third-order valence-electron chi connectivity index (χ3n) is 5.17. The van der Waals surface area contributed by atoms with Crippen molar-refractivity contribution < 1.29 is 0 Å². The lowest BCUT2D eigenvalue weighted by atomic mass is 10.1. The molecule has 6 aromatic rings. The van der Waals surface area contributed by atoms with Gasteiger partial charge in [-0.2, -0.15) is 5.10 Å². The minimum atomic E-state index is 0.835. The Balaban J connectivity index is 1.52. The Morgan fingerprint density at radius 2 is 1.90 bits per heavy atom. The summed E-state index contributed by atoms with van der Waals surface area (Å²) in [4.78, 5) is 20.9. The van der Waals surface area contributed by atoms with E-state index in [2.05, 4.69) is 41.2 Å². The molecular weight excluding hydrogens is 376 g/mol. The molecule has 0 atom stereocenters. The van der Waals surface area contributed by atoms with E-state index >= 15 is 0 Å². The van der Waals surface area contributed by atoms with Crippen LogP contribution in [0.5, 0.6) is 0 Å². The van der Waals surface area contributed by atoms with E-state index in [1.54, 1.807) is 18.7 Å². The van der Waals surface area contributed by atoms with Crippen molar-refractivity contribution in [1.82, 2.24) is 39.7 Å². The van der Waals surface area contributed by atoms with E-state index in [9.17, 15) is 0 Å². The van der Waals surface area contributed by atoms with Gasteiger partial charge in [-0.3, -0.25) is 20.1 Å². The number of aromatic amines is 2. The molecule has 0 amide bonds. The molecule has 0 fully saturated rings. The molecule has 0 saturated carbocycles. The average Bonchev–Trinajstić information content (AvgIpc) is 3.51. The summed E-state index contributed by atoms with van der Waals surface area (Å²) in [5.41, 5.74) is 7.29. The summed E-state index contributed by atoms with van der Waals surface area (Å²) < 4.78 is 1.98. The molecule has 2 N–H and O–H groups in total. The van der Waals surface area contributed by atoms with Crippen LogP contribution >= 0.6 is 0 Å². The molecule has 6 rings (SSSR count). The van der Waals surface area contributed by atoms with Gasteiger partial charge in [-0.25, -0.2) is 4.98 Å². The number of nitrogens with zero attached hydrogens (tertiary/aromatic N) is 6. The third-order valence-corrected chi connectivity index (χ3v) is 5.17. The molecular formula is C22H16N8. The number of fused-ring (bicyclic) bond motifs is 2. The number of hydrogen-bond acceptors (Lipinski definition) is 5. The molecule has 144 valence electrons. The fourth-order valence-corrected chi connectivity index (χ4v) is 3.72. The summed E-state index contributed by atoms with van der Waals surface area (Å²) in [5, 5.41) is 9.67. The van der Waals surface area contributed by atoms with Crippen LogP contribution in [-0.2, 0) is 0 Å². The van der Waals surface area contributed by atoms with Gasteiger partial charge in [-0.05, 0) is 31.2 Å². The second-order valence-corrected chi connectivity index (χ2v) is 7.15. The smallest absolute Gasteiger partial charge is 0.116 e. The summed E-state index contributed by atoms with van der Waals surface area (Å²) >= 11 is 0. The van der Waals surface area contributed by atoms with Crippen molar-refractivity contribution in [3.05, 3.63) is 73.5 Å². The number of aryl methyl sites for hydroxylation is 1. The standard InChI is InChI=1S/C22H16N8/c1-13-11-30(12-26-13)21-10-24-8-19-15(21)5-18(27-19)22-16-6-17(14-3-2-4-23-7-14)25-9-20(16)28-29-22/h2-12,27H,1H3,(H,28,29). The highest BCUT2D eigenvalue weighted by Gasteiger charge is 2.15. The molecule has 0 aliphatic carbocycles. The first-order chi connectivity index (χ1) is 14.8. The van der Waals surface area contributed by atoms with Crippen molar-refractivity contribution in [2.75, 3.05) is 0 Å². The van der Waals surface area contributed by atoms with Crippen LogP contribution in [0.4, 0.5) is 0 Å². The average molecular weight is 392 g/mol. The molecule has 8 heteroatoms. The van der Waals surface area contributed by atoms with Crippen molar-refractivity contribution in [2.45, 2.75) is 6.92 Å². The second kappa shape index (κ2) is 6.35. The van der Waals surface area contributed by atoms with Crippen LogP contribution in [0.1, 0.15) is 5.69 Å². The topological polar surface area (TPSA) is 101 Å². The van der Waals surface area contributed by atoms with Gasteiger partial charge in [0.1, 0.15) is 5.69 Å². The van der Waals surface area contributed by atoms with Gasteiger partial charge >= 0.3 is 0 Å². The summed E-state index contributed by atoms with van der Waals surface area (Å²) in [6.45, 7) is 1.97. The van der Waals surface area contributed by atoms with E-state index < -0.39 is 0 Å². The van der Waals surface area contributed by atoms with Gasteiger partial charge in [0.15, 0.2) is 0 Å². The van der Waals surface area contributed by atoms with Gasteiger partial charge < -0.3 is 9.55 Å². The fraction of sp³-hybridized carbons (Fsp3) is 0.0455. The Kier molecular flexibility index (Phi) is 3.51. The van der Waals surface area contributed by atoms with Crippen LogP contribution in [0.15, 0.2) is 67.8 Å². The van der Waals surface area contributed by atoms with E-state index in [1.807, 2.05) is 54.5 Å². The Bertz CT molecular complexity index is 1510. The lowest BCUT2D eigenvalue weighted by Gasteiger charge is -2.02. The first kappa shape index (κ1) is 16.6. The molecule has 0 unspecified atom stereocenters. The number of H-pyrrole nitrogens is 2. The first-order valence-corrected chi connectivity index (χ1v) is 9.49. The predicted octanol–water partition coefficient (Wildman–Crippen LogP) is 4.06. The van der Waals surface area contributed by atoms with Crippen molar-refractivity contribution in [3.8, 4) is 28.3 Å². The van der Waals surface area contributed by atoms with Crippen molar-refractivity contribution in [3.63, 3.8) is 0 Å². The zero-order chi connectivity index (χ0) is 20.1. The highest BCUT2D eigenvalue weighted by atomic mass is 15.1. The maximum absolute atomic E-state index is 4.55. The molecule has 8 nitrogen and oxygen atoms in total.